The zero-order chi connectivity index (χ0) is 22.9. The molecule has 0 aliphatic carbocycles. The van der Waals surface area contributed by atoms with Crippen LogP contribution in [-0.4, -0.2) is 31.5 Å². The van der Waals surface area contributed by atoms with Gasteiger partial charge < -0.3 is 20.1 Å². The minimum atomic E-state index is -4.54. The zero-order valence-corrected chi connectivity index (χ0v) is 16.6. The average Bonchev–Trinajstić information content (AvgIpc) is 2.72. The number of halogens is 3. The van der Waals surface area contributed by atoms with Gasteiger partial charge in [-0.25, -0.2) is 0 Å². The van der Waals surface area contributed by atoms with Crippen LogP contribution < -0.4 is 15.4 Å². The van der Waals surface area contributed by atoms with Gasteiger partial charge in [0, 0.05) is 18.5 Å². The number of ether oxygens (including phenoxy) is 2. The summed E-state index contributed by atoms with van der Waals surface area (Å²) in [7, 11) is 1.48. The molecule has 0 saturated carbocycles. The molecule has 0 atom stereocenters. The van der Waals surface area contributed by atoms with E-state index in [2.05, 4.69) is 10.6 Å². The van der Waals surface area contributed by atoms with E-state index in [4.69, 9.17) is 9.47 Å². The van der Waals surface area contributed by atoms with E-state index in [0.717, 1.165) is 18.2 Å². The number of carbonyl (C=O) groups is 3. The van der Waals surface area contributed by atoms with Gasteiger partial charge in [0.15, 0.2) is 6.61 Å². The van der Waals surface area contributed by atoms with Crippen LogP contribution in [0.2, 0.25) is 0 Å². The Morgan fingerprint density at radius 2 is 1.68 bits per heavy atom. The van der Waals surface area contributed by atoms with Crippen molar-refractivity contribution in [3.05, 3.63) is 54.1 Å². The number of alkyl halides is 3. The molecule has 2 aromatic rings. The summed E-state index contributed by atoms with van der Waals surface area (Å²) in [5, 5.41) is 4.90. The monoisotopic (exact) mass is 438 g/mol. The van der Waals surface area contributed by atoms with E-state index < -0.39 is 30.2 Å². The number of methoxy groups -OCH3 is 1. The molecule has 166 valence electrons. The lowest BCUT2D eigenvalue weighted by Crippen LogP contribution is -2.21. The third kappa shape index (κ3) is 8.00. The molecule has 2 N–H and O–H groups in total. The fourth-order valence-corrected chi connectivity index (χ4v) is 2.54. The van der Waals surface area contributed by atoms with Crippen molar-refractivity contribution in [2.45, 2.75) is 25.4 Å². The first kappa shape index (κ1) is 23.7. The first-order chi connectivity index (χ1) is 14.7. The molecule has 0 aliphatic heterocycles. The van der Waals surface area contributed by atoms with Gasteiger partial charge in [0.2, 0.25) is 5.91 Å². The lowest BCUT2D eigenvalue weighted by atomic mass is 10.2. The molecule has 0 bridgehead atoms. The second-order valence-corrected chi connectivity index (χ2v) is 6.39. The average molecular weight is 438 g/mol. The van der Waals surface area contributed by atoms with Crippen molar-refractivity contribution in [3.63, 3.8) is 0 Å². The van der Waals surface area contributed by atoms with Crippen LogP contribution in [0.1, 0.15) is 24.8 Å². The van der Waals surface area contributed by atoms with E-state index in [1.807, 2.05) is 0 Å². The van der Waals surface area contributed by atoms with Crippen molar-refractivity contribution in [1.29, 1.82) is 0 Å². The number of hydrogen-bond donors (Lipinski definition) is 2. The molecule has 0 fully saturated rings. The van der Waals surface area contributed by atoms with E-state index in [-0.39, 0.29) is 30.9 Å². The molecule has 0 unspecified atom stereocenters. The summed E-state index contributed by atoms with van der Waals surface area (Å²) in [5.41, 5.74) is -0.471. The molecule has 0 heterocycles. The minimum absolute atomic E-state index is 0.0452. The standard InChI is InChI=1S/C21H21F3N2O5/c1-30-17-9-3-2-8-16(17)26-18(27)10-5-11-20(29)31-13-19(28)25-15-7-4-6-14(12-15)21(22,23)24/h2-4,6-9,12H,5,10-11,13H2,1H3,(H,25,28)(H,26,27). The Balaban J connectivity index is 1.70. The highest BCUT2D eigenvalue weighted by Crippen LogP contribution is 2.30. The fraction of sp³-hybridized carbons (Fsp3) is 0.286. The predicted molar refractivity (Wildman–Crippen MR) is 107 cm³/mol. The summed E-state index contributed by atoms with van der Waals surface area (Å²) >= 11 is 0. The Bertz CT molecular complexity index is 931. The molecule has 7 nitrogen and oxygen atoms in total. The van der Waals surface area contributed by atoms with Crippen molar-refractivity contribution < 1.29 is 37.0 Å². The van der Waals surface area contributed by atoms with Crippen LogP contribution in [-0.2, 0) is 25.3 Å². The second kappa shape index (κ2) is 11.0. The van der Waals surface area contributed by atoms with Crippen molar-refractivity contribution in [1.82, 2.24) is 0 Å². The third-order valence-electron chi connectivity index (χ3n) is 4.00. The van der Waals surface area contributed by atoms with Gasteiger partial charge in [0.25, 0.3) is 5.91 Å². The molecule has 0 aliphatic rings. The molecule has 0 saturated heterocycles. The number of rotatable bonds is 9. The maximum absolute atomic E-state index is 12.7. The van der Waals surface area contributed by atoms with E-state index >= 15 is 0 Å². The van der Waals surface area contributed by atoms with E-state index in [9.17, 15) is 27.6 Å². The van der Waals surface area contributed by atoms with E-state index in [0.29, 0.717) is 11.4 Å². The summed E-state index contributed by atoms with van der Waals surface area (Å²) in [4.78, 5) is 35.5. The van der Waals surface area contributed by atoms with Crippen LogP contribution in [0.5, 0.6) is 5.75 Å². The Kier molecular flexibility index (Phi) is 8.42. The van der Waals surface area contributed by atoms with Crippen LogP contribution in [0, 0.1) is 0 Å². The number of hydrogen-bond acceptors (Lipinski definition) is 5. The van der Waals surface area contributed by atoms with Gasteiger partial charge in [-0.2, -0.15) is 13.2 Å². The normalized spacial score (nSPS) is 10.8. The van der Waals surface area contributed by atoms with E-state index in [1.54, 1.807) is 24.3 Å². The van der Waals surface area contributed by atoms with Gasteiger partial charge in [-0.15, -0.1) is 0 Å². The Hall–Kier alpha value is -3.56. The molecule has 0 radical (unpaired) electrons. The summed E-state index contributed by atoms with van der Waals surface area (Å²) < 4.78 is 47.9. The molecule has 2 amide bonds. The van der Waals surface area contributed by atoms with Gasteiger partial charge >= 0.3 is 12.1 Å². The van der Waals surface area contributed by atoms with Crippen molar-refractivity contribution >= 4 is 29.2 Å². The highest BCUT2D eigenvalue weighted by molar-refractivity contribution is 5.93. The van der Waals surface area contributed by atoms with Crippen LogP contribution >= 0.6 is 0 Å². The molecular formula is C21H21F3N2O5. The van der Waals surface area contributed by atoms with Crippen LogP contribution in [0.15, 0.2) is 48.5 Å². The minimum Gasteiger partial charge on any atom is -0.495 e. The van der Waals surface area contributed by atoms with Crippen LogP contribution in [0.4, 0.5) is 24.5 Å². The predicted octanol–water partition coefficient (Wildman–Crippen LogP) is 4.00. The summed E-state index contributed by atoms with van der Waals surface area (Å²) in [6.07, 6.45) is -4.40. The number of amides is 2. The van der Waals surface area contributed by atoms with Crippen molar-refractivity contribution in [2.75, 3.05) is 24.4 Å². The number of anilines is 2. The molecule has 2 aromatic carbocycles. The second-order valence-electron chi connectivity index (χ2n) is 6.39. The highest BCUT2D eigenvalue weighted by atomic mass is 19.4. The quantitative estimate of drug-likeness (QED) is 0.577. The smallest absolute Gasteiger partial charge is 0.416 e. The van der Waals surface area contributed by atoms with Gasteiger partial charge in [-0.3, -0.25) is 14.4 Å². The van der Waals surface area contributed by atoms with E-state index in [1.165, 1.54) is 13.2 Å². The molecule has 0 spiro atoms. The first-order valence-electron chi connectivity index (χ1n) is 9.24. The Labute approximate surface area is 176 Å². The lowest BCUT2D eigenvalue weighted by molar-refractivity contribution is -0.147. The topological polar surface area (TPSA) is 93.7 Å². The Morgan fingerprint density at radius 3 is 2.39 bits per heavy atom. The Morgan fingerprint density at radius 1 is 0.935 bits per heavy atom. The lowest BCUT2D eigenvalue weighted by Gasteiger charge is -2.10. The fourth-order valence-electron chi connectivity index (χ4n) is 2.54. The SMILES string of the molecule is COc1ccccc1NC(=O)CCCC(=O)OCC(=O)Nc1cccc(C(F)(F)F)c1. The first-order valence-corrected chi connectivity index (χ1v) is 9.24. The highest BCUT2D eigenvalue weighted by Gasteiger charge is 2.30. The maximum Gasteiger partial charge on any atom is 0.416 e. The largest absolute Gasteiger partial charge is 0.495 e. The van der Waals surface area contributed by atoms with Crippen LogP contribution in [0.3, 0.4) is 0 Å². The van der Waals surface area contributed by atoms with Gasteiger partial charge in [-0.1, -0.05) is 18.2 Å². The van der Waals surface area contributed by atoms with Crippen LogP contribution in [0.25, 0.3) is 0 Å². The summed E-state index contributed by atoms with van der Waals surface area (Å²) in [6.45, 7) is -0.650. The molecule has 10 heteroatoms. The number of carbonyl (C=O) groups excluding carboxylic acids is 3. The maximum atomic E-state index is 12.7. The van der Waals surface area contributed by atoms with Crippen molar-refractivity contribution in [2.24, 2.45) is 0 Å². The van der Waals surface area contributed by atoms with Gasteiger partial charge in [0.05, 0.1) is 18.4 Å². The third-order valence-corrected chi connectivity index (χ3v) is 4.00. The molecule has 0 aromatic heterocycles. The van der Waals surface area contributed by atoms with Gasteiger partial charge in [0.1, 0.15) is 5.75 Å². The zero-order valence-electron chi connectivity index (χ0n) is 16.6. The number of para-hydroxylation sites is 2. The summed E-state index contributed by atoms with van der Waals surface area (Å²) in [5.74, 6) is -1.30. The molecular weight excluding hydrogens is 417 g/mol. The van der Waals surface area contributed by atoms with Gasteiger partial charge in [-0.05, 0) is 36.8 Å². The number of benzene rings is 2. The summed E-state index contributed by atoms with van der Waals surface area (Å²) in [6, 6.07) is 11.0. The number of nitrogens with one attached hydrogen (secondary N) is 2. The molecule has 2 rings (SSSR count). The molecule has 31 heavy (non-hydrogen) atoms. The van der Waals surface area contributed by atoms with Crippen molar-refractivity contribution in [3.8, 4) is 5.75 Å². The number of esters is 1.